The lowest BCUT2D eigenvalue weighted by Gasteiger charge is -2.13. The lowest BCUT2D eigenvalue weighted by Crippen LogP contribution is -2.13. The highest BCUT2D eigenvalue weighted by molar-refractivity contribution is 6.08. The molecule has 3 aromatic carbocycles. The Morgan fingerprint density at radius 2 is 1.63 bits per heavy atom. The number of carboxylic acids is 1. The molecule has 174 valence electrons. The first-order chi connectivity index (χ1) is 17.1. The van der Waals surface area contributed by atoms with Gasteiger partial charge >= 0.3 is 5.97 Å². The molecule has 0 spiro atoms. The first-order valence-electron chi connectivity index (χ1n) is 11.5. The van der Waals surface area contributed by atoms with Crippen LogP contribution in [0.2, 0.25) is 0 Å². The number of aliphatic carboxylic acids is 1. The van der Waals surface area contributed by atoms with Crippen LogP contribution < -0.4 is 5.32 Å². The molecule has 4 aromatic rings. The van der Waals surface area contributed by atoms with Crippen LogP contribution in [0, 0.1) is 0 Å². The van der Waals surface area contributed by atoms with E-state index in [-0.39, 0.29) is 12.3 Å². The Morgan fingerprint density at radius 3 is 2.40 bits per heavy atom. The molecular formula is C30H26N2O3. The van der Waals surface area contributed by atoms with Crippen LogP contribution in [0.15, 0.2) is 109 Å². The molecule has 2 N–H and O–H groups in total. The fraction of sp³-hybridized carbons (Fsp3) is 0.100. The molecule has 1 aromatic heterocycles. The van der Waals surface area contributed by atoms with Crippen molar-refractivity contribution in [2.75, 3.05) is 5.32 Å². The van der Waals surface area contributed by atoms with Crippen LogP contribution in [0.5, 0.6) is 0 Å². The summed E-state index contributed by atoms with van der Waals surface area (Å²) in [5.74, 6) is -0.989. The van der Waals surface area contributed by atoms with Crippen LogP contribution in [0.1, 0.15) is 40.7 Å². The predicted molar refractivity (Wildman–Crippen MR) is 139 cm³/mol. The van der Waals surface area contributed by atoms with Gasteiger partial charge in [0, 0.05) is 35.6 Å². The summed E-state index contributed by atoms with van der Waals surface area (Å²) >= 11 is 0. The lowest BCUT2D eigenvalue weighted by atomic mass is 9.96. The number of carbonyl (C=O) groups is 2. The molecule has 1 heterocycles. The van der Waals surface area contributed by atoms with E-state index in [2.05, 4.69) is 10.3 Å². The Labute approximate surface area is 204 Å². The minimum atomic E-state index is -0.804. The molecular weight excluding hydrogens is 436 g/mol. The van der Waals surface area contributed by atoms with Crippen molar-refractivity contribution in [1.82, 2.24) is 4.98 Å². The van der Waals surface area contributed by atoms with Crippen LogP contribution in [0.3, 0.4) is 0 Å². The van der Waals surface area contributed by atoms with Crippen molar-refractivity contribution in [3.05, 3.63) is 126 Å². The van der Waals surface area contributed by atoms with Gasteiger partial charge in [0.15, 0.2) is 0 Å². The Hall–Kier alpha value is -4.51. The van der Waals surface area contributed by atoms with Crippen molar-refractivity contribution in [3.8, 4) is 11.1 Å². The van der Waals surface area contributed by atoms with E-state index in [1.165, 1.54) is 0 Å². The fourth-order valence-corrected chi connectivity index (χ4v) is 3.94. The number of carboxylic acid groups (broad SMARTS) is 1. The second-order valence-corrected chi connectivity index (χ2v) is 8.09. The largest absolute Gasteiger partial charge is 0.481 e. The average Bonchev–Trinajstić information content (AvgIpc) is 2.89. The number of hydrogen-bond donors (Lipinski definition) is 2. The van der Waals surface area contributed by atoms with E-state index in [0.717, 1.165) is 27.8 Å². The van der Waals surface area contributed by atoms with E-state index in [1.807, 2.05) is 97.1 Å². The maximum absolute atomic E-state index is 13.2. The van der Waals surface area contributed by atoms with Gasteiger partial charge in [0.25, 0.3) is 5.91 Å². The molecule has 0 aliphatic carbocycles. The Balaban J connectivity index is 1.60. The Bertz CT molecular complexity index is 1330. The highest BCUT2D eigenvalue weighted by Crippen LogP contribution is 2.28. The maximum Gasteiger partial charge on any atom is 0.303 e. The zero-order valence-electron chi connectivity index (χ0n) is 19.2. The van der Waals surface area contributed by atoms with E-state index in [9.17, 15) is 9.59 Å². The van der Waals surface area contributed by atoms with Gasteiger partial charge in [-0.2, -0.15) is 0 Å². The lowest BCUT2D eigenvalue weighted by molar-refractivity contribution is -0.137. The van der Waals surface area contributed by atoms with Crippen LogP contribution in [0.25, 0.3) is 16.7 Å². The van der Waals surface area contributed by atoms with E-state index in [1.54, 1.807) is 12.4 Å². The summed E-state index contributed by atoms with van der Waals surface area (Å²) in [5, 5.41) is 12.0. The molecule has 5 nitrogen and oxygen atoms in total. The SMILES string of the molecule is O=C(O)CCC/C=C(\c1cccnc1)c1cccc(NC(=O)c2ccccc2-c2ccccc2)c1. The number of nitrogens with zero attached hydrogens (tertiary/aromatic N) is 1. The topological polar surface area (TPSA) is 79.3 Å². The van der Waals surface area contributed by atoms with Crippen molar-refractivity contribution in [1.29, 1.82) is 0 Å². The van der Waals surface area contributed by atoms with Gasteiger partial charge in [-0.25, -0.2) is 0 Å². The number of aromatic nitrogens is 1. The summed E-state index contributed by atoms with van der Waals surface area (Å²) < 4.78 is 0. The molecule has 5 heteroatoms. The van der Waals surface area contributed by atoms with Crippen LogP contribution in [-0.4, -0.2) is 22.0 Å². The van der Waals surface area contributed by atoms with Gasteiger partial charge in [-0.1, -0.05) is 72.8 Å². The Kier molecular flexibility index (Phi) is 7.81. The van der Waals surface area contributed by atoms with Crippen molar-refractivity contribution >= 4 is 23.1 Å². The summed E-state index contributed by atoms with van der Waals surface area (Å²) in [6.07, 6.45) is 6.82. The number of rotatable bonds is 9. The van der Waals surface area contributed by atoms with Crippen LogP contribution in [-0.2, 0) is 4.79 Å². The second kappa shape index (κ2) is 11.6. The molecule has 0 saturated heterocycles. The summed E-state index contributed by atoms with van der Waals surface area (Å²) in [6.45, 7) is 0. The molecule has 1 amide bonds. The fourth-order valence-electron chi connectivity index (χ4n) is 3.94. The van der Waals surface area contributed by atoms with Crippen LogP contribution >= 0.6 is 0 Å². The number of carbonyl (C=O) groups excluding carboxylic acids is 1. The standard InChI is InChI=1S/C30H26N2O3/c33-29(34)18-7-6-15-26(24-13-9-19-31-21-24)23-12-8-14-25(20-23)32-30(35)28-17-5-4-16-27(28)22-10-2-1-3-11-22/h1-5,8-17,19-21H,6-7,18H2,(H,32,35)(H,33,34)/b26-15-. The quantitative estimate of drug-likeness (QED) is 0.272. The smallest absolute Gasteiger partial charge is 0.303 e. The Morgan fingerprint density at radius 1 is 0.857 bits per heavy atom. The van der Waals surface area contributed by atoms with Crippen molar-refractivity contribution in [2.45, 2.75) is 19.3 Å². The average molecular weight is 463 g/mol. The number of unbranched alkanes of at least 4 members (excludes halogenated alkanes) is 1. The molecule has 0 saturated carbocycles. The van der Waals surface area contributed by atoms with Crippen molar-refractivity contribution in [3.63, 3.8) is 0 Å². The first kappa shape index (κ1) is 23.6. The van der Waals surface area contributed by atoms with Gasteiger partial charge in [-0.05, 0) is 59.4 Å². The number of nitrogens with one attached hydrogen (secondary N) is 1. The molecule has 0 fully saturated rings. The number of hydrogen-bond acceptors (Lipinski definition) is 3. The summed E-state index contributed by atoms with van der Waals surface area (Å²) in [7, 11) is 0. The molecule has 0 unspecified atom stereocenters. The highest BCUT2D eigenvalue weighted by Gasteiger charge is 2.13. The van der Waals surface area contributed by atoms with Crippen LogP contribution in [0.4, 0.5) is 5.69 Å². The van der Waals surface area contributed by atoms with Gasteiger partial charge in [-0.3, -0.25) is 14.6 Å². The zero-order chi connectivity index (χ0) is 24.5. The minimum Gasteiger partial charge on any atom is -0.481 e. The normalized spacial score (nSPS) is 11.1. The number of anilines is 1. The maximum atomic E-state index is 13.2. The molecule has 0 bridgehead atoms. The number of pyridine rings is 1. The monoisotopic (exact) mass is 462 g/mol. The van der Waals surface area contributed by atoms with E-state index in [4.69, 9.17) is 5.11 Å². The summed E-state index contributed by atoms with van der Waals surface area (Å²) in [6, 6.07) is 28.9. The number of benzene rings is 3. The van der Waals surface area contributed by atoms with Crippen molar-refractivity contribution < 1.29 is 14.7 Å². The molecule has 0 aliphatic heterocycles. The third-order valence-corrected chi connectivity index (χ3v) is 5.60. The number of amides is 1. The molecule has 0 atom stereocenters. The first-order valence-corrected chi connectivity index (χ1v) is 11.5. The van der Waals surface area contributed by atoms with Gasteiger partial charge in [0.1, 0.15) is 0 Å². The highest BCUT2D eigenvalue weighted by atomic mass is 16.4. The third kappa shape index (κ3) is 6.30. The summed E-state index contributed by atoms with van der Waals surface area (Å²) in [4.78, 5) is 28.4. The third-order valence-electron chi connectivity index (χ3n) is 5.60. The van der Waals surface area contributed by atoms with Gasteiger partial charge in [0.2, 0.25) is 0 Å². The minimum absolute atomic E-state index is 0.119. The second-order valence-electron chi connectivity index (χ2n) is 8.09. The van der Waals surface area contributed by atoms with Crippen molar-refractivity contribution in [2.24, 2.45) is 0 Å². The molecule has 4 rings (SSSR count). The molecule has 0 radical (unpaired) electrons. The van der Waals surface area contributed by atoms with E-state index < -0.39 is 5.97 Å². The van der Waals surface area contributed by atoms with Gasteiger partial charge in [0.05, 0.1) is 0 Å². The zero-order valence-corrected chi connectivity index (χ0v) is 19.2. The van der Waals surface area contributed by atoms with E-state index in [0.29, 0.717) is 24.1 Å². The molecule has 35 heavy (non-hydrogen) atoms. The van der Waals surface area contributed by atoms with Gasteiger partial charge < -0.3 is 10.4 Å². The molecule has 0 aliphatic rings. The predicted octanol–water partition coefficient (Wildman–Crippen LogP) is 6.69. The van der Waals surface area contributed by atoms with E-state index >= 15 is 0 Å². The van der Waals surface area contributed by atoms with Gasteiger partial charge in [-0.15, -0.1) is 0 Å². The number of allylic oxidation sites excluding steroid dienone is 1. The summed E-state index contributed by atoms with van der Waals surface area (Å²) in [5.41, 5.74) is 5.93.